The van der Waals surface area contributed by atoms with E-state index in [0.717, 1.165) is 31.7 Å². The van der Waals surface area contributed by atoms with Crippen LogP contribution < -0.4 is 4.90 Å². The third kappa shape index (κ3) is 4.66. The highest BCUT2D eigenvalue weighted by atomic mass is 19.1. The smallest absolute Gasteiger partial charge is 0.239 e. The first kappa shape index (κ1) is 19.4. The minimum atomic E-state index is -0.270. The van der Waals surface area contributed by atoms with Crippen molar-refractivity contribution in [3.05, 3.63) is 65.5 Å². The van der Waals surface area contributed by atoms with Gasteiger partial charge in [0.2, 0.25) is 5.91 Å². The van der Waals surface area contributed by atoms with Gasteiger partial charge in [0.25, 0.3) is 0 Å². The summed E-state index contributed by atoms with van der Waals surface area (Å²) in [5.74, 6) is -0.197. The number of hydrogen-bond donors (Lipinski definition) is 0. The van der Waals surface area contributed by atoms with Crippen molar-refractivity contribution in [1.82, 2.24) is 9.80 Å². The highest BCUT2D eigenvalue weighted by Crippen LogP contribution is 2.21. The summed E-state index contributed by atoms with van der Waals surface area (Å²) in [6, 6.07) is 14.7. The van der Waals surface area contributed by atoms with Gasteiger partial charge < -0.3 is 9.80 Å². The molecule has 1 saturated heterocycles. The molecule has 0 aromatic heterocycles. The van der Waals surface area contributed by atoms with Crippen LogP contribution in [0.1, 0.15) is 18.1 Å². The average molecular weight is 369 g/mol. The van der Waals surface area contributed by atoms with Crippen LogP contribution in [-0.2, 0) is 11.3 Å². The number of benzene rings is 2. The van der Waals surface area contributed by atoms with Gasteiger partial charge >= 0.3 is 0 Å². The first-order chi connectivity index (χ1) is 13.0. The maximum Gasteiger partial charge on any atom is 0.239 e. The van der Waals surface area contributed by atoms with Gasteiger partial charge in [-0.15, -0.1) is 0 Å². The number of aryl methyl sites for hydroxylation is 1. The third-order valence-corrected chi connectivity index (χ3v) is 5.36. The van der Waals surface area contributed by atoms with Crippen LogP contribution >= 0.6 is 0 Å². The highest BCUT2D eigenvalue weighted by molar-refractivity contribution is 5.81. The molecule has 0 bridgehead atoms. The molecule has 2 aromatic carbocycles. The van der Waals surface area contributed by atoms with Gasteiger partial charge in [0, 0.05) is 45.5 Å². The van der Waals surface area contributed by atoms with Crippen molar-refractivity contribution in [1.29, 1.82) is 0 Å². The Bertz CT molecular complexity index is 787. The van der Waals surface area contributed by atoms with E-state index < -0.39 is 0 Å². The van der Waals surface area contributed by atoms with Crippen molar-refractivity contribution in [2.24, 2.45) is 0 Å². The molecule has 1 atom stereocenters. The van der Waals surface area contributed by atoms with Gasteiger partial charge in [0.15, 0.2) is 0 Å². The minimum Gasteiger partial charge on any atom is -0.369 e. The zero-order valence-corrected chi connectivity index (χ0v) is 16.4. The van der Waals surface area contributed by atoms with E-state index in [9.17, 15) is 9.18 Å². The third-order valence-electron chi connectivity index (χ3n) is 5.36. The summed E-state index contributed by atoms with van der Waals surface area (Å²) in [5, 5.41) is 0. The zero-order valence-electron chi connectivity index (χ0n) is 16.4. The summed E-state index contributed by atoms with van der Waals surface area (Å²) < 4.78 is 13.4. The van der Waals surface area contributed by atoms with Crippen LogP contribution in [0.15, 0.2) is 48.5 Å². The fourth-order valence-electron chi connectivity index (χ4n) is 3.73. The Hall–Kier alpha value is -2.40. The summed E-state index contributed by atoms with van der Waals surface area (Å²) in [5.41, 5.74) is 3.37. The van der Waals surface area contributed by atoms with Crippen LogP contribution in [0.25, 0.3) is 0 Å². The van der Waals surface area contributed by atoms with Gasteiger partial charge in [0.05, 0.1) is 6.04 Å². The molecule has 0 radical (unpaired) electrons. The molecule has 0 unspecified atom stereocenters. The molecule has 5 heteroatoms. The molecule has 1 heterocycles. The number of para-hydroxylation sites is 1. The molecule has 4 nitrogen and oxygen atoms in total. The minimum absolute atomic E-state index is 0.0728. The van der Waals surface area contributed by atoms with Crippen molar-refractivity contribution in [2.75, 3.05) is 38.1 Å². The second kappa shape index (κ2) is 8.53. The number of piperazine rings is 1. The van der Waals surface area contributed by atoms with E-state index in [2.05, 4.69) is 41.0 Å². The van der Waals surface area contributed by atoms with Gasteiger partial charge in [-0.05, 0) is 43.2 Å². The van der Waals surface area contributed by atoms with Crippen molar-refractivity contribution < 1.29 is 9.18 Å². The average Bonchev–Trinajstić information content (AvgIpc) is 2.67. The molecule has 0 spiro atoms. The van der Waals surface area contributed by atoms with Gasteiger partial charge in [0.1, 0.15) is 5.82 Å². The maximum absolute atomic E-state index is 13.4. The molecule has 3 rings (SSSR count). The number of hydrogen-bond acceptors (Lipinski definition) is 3. The normalized spacial score (nSPS) is 16.2. The largest absolute Gasteiger partial charge is 0.369 e. The van der Waals surface area contributed by atoms with E-state index in [0.29, 0.717) is 6.54 Å². The monoisotopic (exact) mass is 369 g/mol. The second-order valence-corrected chi connectivity index (χ2v) is 7.31. The standard InChI is InChI=1S/C22H28FN3O/c1-17-7-4-5-10-21(17)26-13-11-25(12-14-26)18(2)22(27)24(3)16-19-8-6-9-20(23)15-19/h4-10,15,18H,11-14,16H2,1-3H3/t18-/m1/s1. The van der Waals surface area contributed by atoms with Crippen molar-refractivity contribution in [2.45, 2.75) is 26.4 Å². The van der Waals surface area contributed by atoms with E-state index in [1.165, 1.54) is 23.4 Å². The number of carbonyl (C=O) groups excluding carboxylic acids is 1. The number of nitrogens with zero attached hydrogens (tertiary/aromatic N) is 3. The summed E-state index contributed by atoms with van der Waals surface area (Å²) in [6.45, 7) is 8.06. The molecule has 144 valence electrons. The first-order valence-electron chi connectivity index (χ1n) is 9.50. The van der Waals surface area contributed by atoms with Gasteiger partial charge in [-0.3, -0.25) is 9.69 Å². The molecule has 2 aromatic rings. The summed E-state index contributed by atoms with van der Waals surface area (Å²) in [7, 11) is 1.79. The topological polar surface area (TPSA) is 26.8 Å². The first-order valence-corrected chi connectivity index (χ1v) is 9.50. The molecule has 0 aliphatic carbocycles. The Morgan fingerprint density at radius 3 is 2.48 bits per heavy atom. The lowest BCUT2D eigenvalue weighted by molar-refractivity contribution is -0.135. The van der Waals surface area contributed by atoms with Crippen LogP contribution in [0.4, 0.5) is 10.1 Å². The second-order valence-electron chi connectivity index (χ2n) is 7.31. The van der Waals surface area contributed by atoms with E-state index in [4.69, 9.17) is 0 Å². The van der Waals surface area contributed by atoms with Crippen LogP contribution in [0, 0.1) is 12.7 Å². The van der Waals surface area contributed by atoms with E-state index in [-0.39, 0.29) is 17.8 Å². The lowest BCUT2D eigenvalue weighted by Crippen LogP contribution is -2.54. The molecular weight excluding hydrogens is 341 g/mol. The number of anilines is 1. The maximum atomic E-state index is 13.4. The van der Waals surface area contributed by atoms with Crippen LogP contribution in [0.5, 0.6) is 0 Å². The Morgan fingerprint density at radius 1 is 1.11 bits per heavy atom. The fourth-order valence-corrected chi connectivity index (χ4v) is 3.73. The predicted octanol–water partition coefficient (Wildman–Crippen LogP) is 3.30. The van der Waals surface area contributed by atoms with Crippen molar-refractivity contribution in [3.63, 3.8) is 0 Å². The number of carbonyl (C=O) groups is 1. The van der Waals surface area contributed by atoms with E-state index in [1.807, 2.05) is 13.0 Å². The van der Waals surface area contributed by atoms with Crippen LogP contribution in [0.3, 0.4) is 0 Å². The van der Waals surface area contributed by atoms with Crippen LogP contribution in [0.2, 0.25) is 0 Å². The highest BCUT2D eigenvalue weighted by Gasteiger charge is 2.27. The van der Waals surface area contributed by atoms with Gasteiger partial charge in [-0.25, -0.2) is 4.39 Å². The van der Waals surface area contributed by atoms with Crippen molar-refractivity contribution >= 4 is 11.6 Å². The summed E-state index contributed by atoms with van der Waals surface area (Å²) >= 11 is 0. The number of rotatable bonds is 5. The molecule has 0 saturated carbocycles. The van der Waals surface area contributed by atoms with Gasteiger partial charge in [-0.1, -0.05) is 30.3 Å². The SMILES string of the molecule is Cc1ccccc1N1CCN([C@H](C)C(=O)N(C)Cc2cccc(F)c2)CC1. The molecule has 1 fully saturated rings. The zero-order chi connectivity index (χ0) is 19.4. The number of halogens is 1. The molecule has 27 heavy (non-hydrogen) atoms. The van der Waals surface area contributed by atoms with Gasteiger partial charge in [-0.2, -0.15) is 0 Å². The summed E-state index contributed by atoms with van der Waals surface area (Å²) in [4.78, 5) is 19.1. The fraction of sp³-hybridized carbons (Fsp3) is 0.409. The summed E-state index contributed by atoms with van der Waals surface area (Å²) in [6.07, 6.45) is 0. The Labute approximate surface area is 161 Å². The predicted molar refractivity (Wildman–Crippen MR) is 107 cm³/mol. The number of likely N-dealkylation sites (N-methyl/N-ethyl adjacent to an activating group) is 1. The lowest BCUT2D eigenvalue weighted by atomic mass is 10.1. The molecular formula is C22H28FN3O. The molecule has 1 aliphatic heterocycles. The van der Waals surface area contributed by atoms with E-state index >= 15 is 0 Å². The Kier molecular flexibility index (Phi) is 6.11. The van der Waals surface area contributed by atoms with E-state index in [1.54, 1.807) is 18.0 Å². The number of amides is 1. The van der Waals surface area contributed by atoms with Crippen LogP contribution in [-0.4, -0.2) is 55.0 Å². The molecule has 1 amide bonds. The quantitative estimate of drug-likeness (QED) is 0.809. The Morgan fingerprint density at radius 2 is 1.81 bits per heavy atom. The lowest BCUT2D eigenvalue weighted by Gasteiger charge is -2.40. The molecule has 0 N–H and O–H groups in total. The van der Waals surface area contributed by atoms with Crippen molar-refractivity contribution in [3.8, 4) is 0 Å². The molecule has 1 aliphatic rings. The Balaban J connectivity index is 1.56.